The Hall–Kier alpha value is -1.97. The average Bonchev–Trinajstić information content (AvgIpc) is 2.79. The van der Waals surface area contributed by atoms with Gasteiger partial charge in [-0.15, -0.1) is 3.89 Å². The zero-order valence-corrected chi connectivity index (χ0v) is 11.3. The Morgan fingerprint density at radius 2 is 2.25 bits per heavy atom. The molecule has 1 fully saturated rings. The van der Waals surface area contributed by atoms with Crippen molar-refractivity contribution in [3.8, 4) is 0 Å². The van der Waals surface area contributed by atoms with E-state index in [0.29, 0.717) is 0 Å². The van der Waals surface area contributed by atoms with Crippen LogP contribution in [0.1, 0.15) is 16.8 Å². The average molecular weight is 305 g/mol. The molecule has 10 heteroatoms. The molecular formula is C10H12FN3O5S. The Bertz CT molecular complexity index is 668. The summed E-state index contributed by atoms with van der Waals surface area (Å²) in [4.78, 5) is 24.1. The highest BCUT2D eigenvalue weighted by molar-refractivity contribution is 7.86. The van der Waals surface area contributed by atoms with Crippen molar-refractivity contribution in [2.75, 3.05) is 17.2 Å². The summed E-state index contributed by atoms with van der Waals surface area (Å²) in [5, 5.41) is 12.8. The maximum atomic E-state index is 12.7. The van der Waals surface area contributed by atoms with Crippen LogP contribution in [-0.2, 0) is 22.1 Å². The van der Waals surface area contributed by atoms with Crippen LogP contribution in [0.4, 0.5) is 9.70 Å². The van der Waals surface area contributed by atoms with Crippen molar-refractivity contribution in [1.82, 2.24) is 9.78 Å². The molecule has 1 aliphatic rings. The lowest BCUT2D eigenvalue weighted by Crippen LogP contribution is -2.29. The van der Waals surface area contributed by atoms with Crippen molar-refractivity contribution in [3.05, 3.63) is 11.8 Å². The number of aryl methyl sites for hydroxylation is 1. The molecule has 1 atom stereocenters. The van der Waals surface area contributed by atoms with Crippen LogP contribution >= 0.6 is 0 Å². The number of carbonyl (C=O) groups excluding carboxylic acids is 1. The molecule has 8 nitrogen and oxygen atoms in total. The topological polar surface area (TPSA) is 110 Å². The Balaban J connectivity index is 2.29. The summed E-state index contributed by atoms with van der Waals surface area (Å²) in [7, 11) is -3.21. The molecule has 1 aromatic heterocycles. The van der Waals surface area contributed by atoms with E-state index in [9.17, 15) is 21.9 Å². The monoisotopic (exact) mass is 305 g/mol. The van der Waals surface area contributed by atoms with Crippen LogP contribution in [0.25, 0.3) is 0 Å². The minimum atomic E-state index is -4.68. The van der Waals surface area contributed by atoms with Crippen LogP contribution in [0.5, 0.6) is 0 Å². The molecule has 0 aromatic carbocycles. The second kappa shape index (κ2) is 4.85. The molecule has 0 saturated carbocycles. The second-order valence-electron chi connectivity index (χ2n) is 4.59. The highest BCUT2D eigenvalue weighted by Gasteiger charge is 2.36. The Kier molecular flexibility index (Phi) is 3.50. The predicted molar refractivity (Wildman–Crippen MR) is 65.5 cm³/mol. The number of carboxylic acid groups (broad SMARTS) is 1. The molecule has 1 aromatic rings. The first-order chi connectivity index (χ1) is 9.19. The van der Waals surface area contributed by atoms with Crippen molar-refractivity contribution in [1.29, 1.82) is 0 Å². The van der Waals surface area contributed by atoms with Crippen molar-refractivity contribution in [2.24, 2.45) is 13.0 Å². The van der Waals surface area contributed by atoms with Gasteiger partial charge in [0.2, 0.25) is 5.91 Å². The number of aromatic carboxylic acids is 1. The van der Waals surface area contributed by atoms with Gasteiger partial charge in [0.05, 0.1) is 11.9 Å². The van der Waals surface area contributed by atoms with Gasteiger partial charge in [-0.25, -0.2) is 4.79 Å². The van der Waals surface area contributed by atoms with Crippen molar-refractivity contribution >= 4 is 27.9 Å². The fraction of sp³-hybridized carbons (Fsp3) is 0.500. The van der Waals surface area contributed by atoms with Gasteiger partial charge in [0.15, 0.2) is 0 Å². The van der Waals surface area contributed by atoms with Crippen LogP contribution in [0.3, 0.4) is 0 Å². The highest BCUT2D eigenvalue weighted by atomic mass is 32.3. The number of amides is 1. The van der Waals surface area contributed by atoms with Gasteiger partial charge in [-0.1, -0.05) is 0 Å². The molecule has 0 radical (unpaired) electrons. The van der Waals surface area contributed by atoms with E-state index in [1.54, 1.807) is 0 Å². The molecule has 1 N–H and O–H groups in total. The van der Waals surface area contributed by atoms with Crippen LogP contribution < -0.4 is 4.90 Å². The fourth-order valence-corrected chi connectivity index (χ4v) is 3.07. The molecule has 0 spiro atoms. The summed E-state index contributed by atoms with van der Waals surface area (Å²) < 4.78 is 35.1. The van der Waals surface area contributed by atoms with E-state index in [1.807, 2.05) is 0 Å². The first-order valence-corrected chi connectivity index (χ1v) is 7.22. The summed E-state index contributed by atoms with van der Waals surface area (Å²) in [5.74, 6) is -3.09. The first-order valence-electron chi connectivity index (χ1n) is 5.67. The van der Waals surface area contributed by atoms with Crippen LogP contribution in [0.15, 0.2) is 6.20 Å². The smallest absolute Gasteiger partial charge is 0.341 e. The lowest BCUT2D eigenvalue weighted by atomic mass is 10.1. The molecule has 110 valence electrons. The van der Waals surface area contributed by atoms with E-state index < -0.39 is 33.8 Å². The maximum Gasteiger partial charge on any atom is 0.341 e. The third-order valence-electron chi connectivity index (χ3n) is 3.03. The van der Waals surface area contributed by atoms with E-state index in [1.165, 1.54) is 11.7 Å². The first kappa shape index (κ1) is 14.4. The summed E-state index contributed by atoms with van der Waals surface area (Å²) in [5.41, 5.74) is -0.162. The van der Waals surface area contributed by atoms with Crippen LogP contribution in [0, 0.1) is 5.92 Å². The maximum absolute atomic E-state index is 12.7. The number of nitrogens with zero attached hydrogens (tertiary/aromatic N) is 3. The summed E-state index contributed by atoms with van der Waals surface area (Å²) in [6.07, 6.45) is 0.956. The Labute approximate surface area is 114 Å². The number of anilines is 1. The normalized spacial score (nSPS) is 19.6. The molecule has 1 unspecified atom stereocenters. The van der Waals surface area contributed by atoms with Crippen LogP contribution in [0.2, 0.25) is 0 Å². The van der Waals surface area contributed by atoms with Gasteiger partial charge >= 0.3 is 16.2 Å². The van der Waals surface area contributed by atoms with Crippen LogP contribution in [-0.4, -0.2) is 47.5 Å². The number of carboxylic acids is 1. The molecule has 2 rings (SSSR count). The number of hydrogen-bond acceptors (Lipinski definition) is 5. The minimum Gasteiger partial charge on any atom is -0.477 e. The van der Waals surface area contributed by atoms with Crippen molar-refractivity contribution < 1.29 is 27.0 Å². The van der Waals surface area contributed by atoms with Gasteiger partial charge in [0, 0.05) is 25.9 Å². The SMILES string of the molecule is Cn1ncc(C(=O)O)c1N1CC(CS(=O)(=O)F)CC1=O. The number of aromatic nitrogens is 2. The zero-order valence-electron chi connectivity index (χ0n) is 10.5. The molecule has 1 aliphatic heterocycles. The van der Waals surface area contributed by atoms with Gasteiger partial charge in [0.25, 0.3) is 0 Å². The van der Waals surface area contributed by atoms with Gasteiger partial charge < -0.3 is 5.11 Å². The van der Waals surface area contributed by atoms with Gasteiger partial charge in [-0.2, -0.15) is 13.5 Å². The number of hydrogen-bond donors (Lipinski definition) is 1. The molecule has 1 amide bonds. The quantitative estimate of drug-likeness (QED) is 0.770. The standard InChI is InChI=1S/C10H12FN3O5S/c1-13-9(7(3-12-13)10(16)17)14-4-6(2-8(14)15)5-20(11,18)19/h3,6H,2,4-5H2,1H3,(H,16,17). The summed E-state index contributed by atoms with van der Waals surface area (Å²) in [6, 6.07) is 0. The molecule has 20 heavy (non-hydrogen) atoms. The molecular weight excluding hydrogens is 293 g/mol. The zero-order chi connectivity index (χ0) is 15.1. The molecule has 2 heterocycles. The van der Waals surface area contributed by atoms with E-state index in [4.69, 9.17) is 5.11 Å². The van der Waals surface area contributed by atoms with E-state index in [0.717, 1.165) is 11.1 Å². The van der Waals surface area contributed by atoms with E-state index >= 15 is 0 Å². The summed E-state index contributed by atoms with van der Waals surface area (Å²) >= 11 is 0. The molecule has 0 bridgehead atoms. The largest absolute Gasteiger partial charge is 0.477 e. The number of halogens is 1. The lowest BCUT2D eigenvalue weighted by Gasteiger charge is -2.17. The van der Waals surface area contributed by atoms with Gasteiger partial charge in [0.1, 0.15) is 11.4 Å². The lowest BCUT2D eigenvalue weighted by molar-refractivity contribution is -0.117. The predicted octanol–water partition coefficient (Wildman–Crippen LogP) is -0.229. The number of rotatable bonds is 4. The van der Waals surface area contributed by atoms with E-state index in [-0.39, 0.29) is 24.3 Å². The van der Waals surface area contributed by atoms with Crippen molar-refractivity contribution in [2.45, 2.75) is 6.42 Å². The molecule has 0 aliphatic carbocycles. The second-order valence-corrected chi connectivity index (χ2v) is 6.00. The molecule has 1 saturated heterocycles. The Morgan fingerprint density at radius 1 is 1.60 bits per heavy atom. The third-order valence-corrected chi connectivity index (χ3v) is 3.90. The third kappa shape index (κ3) is 2.79. The highest BCUT2D eigenvalue weighted by Crippen LogP contribution is 2.28. The van der Waals surface area contributed by atoms with Gasteiger partial charge in [-0.05, 0) is 0 Å². The van der Waals surface area contributed by atoms with E-state index in [2.05, 4.69) is 5.10 Å². The fourth-order valence-electron chi connectivity index (χ4n) is 2.28. The van der Waals surface area contributed by atoms with Crippen molar-refractivity contribution in [3.63, 3.8) is 0 Å². The van der Waals surface area contributed by atoms with Gasteiger partial charge in [-0.3, -0.25) is 14.4 Å². The number of carbonyl (C=O) groups is 2. The summed E-state index contributed by atoms with van der Waals surface area (Å²) in [6.45, 7) is -0.0538. The minimum absolute atomic E-state index is 0.0538. The Morgan fingerprint density at radius 3 is 2.80 bits per heavy atom.